The van der Waals surface area contributed by atoms with Crippen LogP contribution in [0.1, 0.15) is 12.0 Å². The highest BCUT2D eigenvalue weighted by molar-refractivity contribution is 9.10. The van der Waals surface area contributed by atoms with E-state index in [2.05, 4.69) is 21.2 Å². The lowest BCUT2D eigenvalue weighted by Gasteiger charge is -2.10. The van der Waals surface area contributed by atoms with Crippen LogP contribution in [-0.2, 0) is 14.4 Å². The number of halogens is 1. The topological polar surface area (TPSA) is 104 Å². The predicted octanol–water partition coefficient (Wildman–Crippen LogP) is 1.51. The molecule has 7 heteroatoms. The van der Waals surface area contributed by atoms with E-state index in [0.29, 0.717) is 0 Å². The molecule has 0 radical (unpaired) electrons. The van der Waals surface area contributed by atoms with Crippen molar-refractivity contribution in [3.8, 4) is 0 Å². The standard InChI is InChI=1S/C13H12BrNO5/c14-9-4-2-1-3-8(9)5-6-11(16)15-10(13(19)20)7-12(17)18/h1-6,10H,7H2,(H,15,16)(H,17,18)(H,19,20)/b6-5+/t10-/m1/s1. The van der Waals surface area contributed by atoms with Gasteiger partial charge in [0.05, 0.1) is 6.42 Å². The molecule has 106 valence electrons. The van der Waals surface area contributed by atoms with Crippen LogP contribution >= 0.6 is 15.9 Å². The first-order valence-corrected chi connectivity index (χ1v) is 6.37. The predicted molar refractivity (Wildman–Crippen MR) is 75.0 cm³/mol. The third-order valence-corrected chi connectivity index (χ3v) is 3.03. The van der Waals surface area contributed by atoms with Crippen LogP contribution in [0.5, 0.6) is 0 Å². The Labute approximate surface area is 123 Å². The van der Waals surface area contributed by atoms with Gasteiger partial charge in [-0.05, 0) is 17.7 Å². The summed E-state index contributed by atoms with van der Waals surface area (Å²) in [5.41, 5.74) is 0.743. The van der Waals surface area contributed by atoms with Gasteiger partial charge in [-0.1, -0.05) is 34.1 Å². The number of carboxylic acids is 2. The van der Waals surface area contributed by atoms with Crippen LogP contribution in [0.25, 0.3) is 6.08 Å². The maximum atomic E-state index is 11.6. The van der Waals surface area contributed by atoms with Gasteiger partial charge in [0.1, 0.15) is 6.04 Å². The maximum Gasteiger partial charge on any atom is 0.326 e. The van der Waals surface area contributed by atoms with Crippen molar-refractivity contribution in [3.05, 3.63) is 40.4 Å². The van der Waals surface area contributed by atoms with Crippen molar-refractivity contribution in [2.24, 2.45) is 0 Å². The summed E-state index contributed by atoms with van der Waals surface area (Å²) in [4.78, 5) is 32.8. The Bertz CT molecular complexity index is 555. The summed E-state index contributed by atoms with van der Waals surface area (Å²) in [6, 6.07) is 5.70. The number of carboxylic acid groups (broad SMARTS) is 2. The Morgan fingerprint density at radius 1 is 1.25 bits per heavy atom. The molecule has 20 heavy (non-hydrogen) atoms. The fraction of sp³-hybridized carbons (Fsp3) is 0.154. The molecule has 6 nitrogen and oxygen atoms in total. The molecular weight excluding hydrogens is 330 g/mol. The minimum Gasteiger partial charge on any atom is -0.481 e. The van der Waals surface area contributed by atoms with Gasteiger partial charge < -0.3 is 15.5 Å². The molecular formula is C13H12BrNO5. The molecule has 0 saturated heterocycles. The van der Waals surface area contributed by atoms with E-state index >= 15 is 0 Å². The summed E-state index contributed by atoms with van der Waals surface area (Å²) < 4.78 is 0.782. The third kappa shape index (κ3) is 5.23. The van der Waals surface area contributed by atoms with Gasteiger partial charge in [0, 0.05) is 10.5 Å². The number of aliphatic carboxylic acids is 2. The summed E-state index contributed by atoms with van der Waals surface area (Å²) in [6.07, 6.45) is 1.97. The molecule has 0 fully saturated rings. The molecule has 0 aromatic heterocycles. The highest BCUT2D eigenvalue weighted by atomic mass is 79.9. The minimum atomic E-state index is -1.45. The van der Waals surface area contributed by atoms with Crippen LogP contribution < -0.4 is 5.32 Å². The van der Waals surface area contributed by atoms with Gasteiger partial charge in [-0.25, -0.2) is 4.79 Å². The molecule has 0 aliphatic carbocycles. The molecule has 0 saturated carbocycles. The zero-order valence-electron chi connectivity index (χ0n) is 10.2. The summed E-state index contributed by atoms with van der Waals surface area (Å²) >= 11 is 3.30. The van der Waals surface area contributed by atoms with Crippen molar-refractivity contribution in [3.63, 3.8) is 0 Å². The van der Waals surface area contributed by atoms with Crippen molar-refractivity contribution < 1.29 is 24.6 Å². The first-order valence-electron chi connectivity index (χ1n) is 5.58. The van der Waals surface area contributed by atoms with Crippen LogP contribution in [0.15, 0.2) is 34.8 Å². The zero-order valence-corrected chi connectivity index (χ0v) is 11.8. The smallest absolute Gasteiger partial charge is 0.326 e. The molecule has 1 amide bonds. The number of hydrogen-bond donors (Lipinski definition) is 3. The van der Waals surface area contributed by atoms with Crippen LogP contribution in [0.3, 0.4) is 0 Å². The maximum absolute atomic E-state index is 11.6. The van der Waals surface area contributed by atoms with Crippen molar-refractivity contribution >= 4 is 39.9 Å². The Balaban J connectivity index is 2.69. The summed E-state index contributed by atoms with van der Waals surface area (Å²) in [5.74, 6) is -3.36. The van der Waals surface area contributed by atoms with Gasteiger partial charge in [-0.3, -0.25) is 9.59 Å². The Kier molecular flexibility index (Phi) is 5.92. The van der Waals surface area contributed by atoms with E-state index in [1.165, 1.54) is 6.08 Å². The van der Waals surface area contributed by atoms with Gasteiger partial charge in [0.25, 0.3) is 0 Å². The van der Waals surface area contributed by atoms with Crippen LogP contribution in [-0.4, -0.2) is 34.1 Å². The number of rotatable bonds is 6. The lowest BCUT2D eigenvalue weighted by Crippen LogP contribution is -2.41. The van der Waals surface area contributed by atoms with E-state index in [9.17, 15) is 14.4 Å². The fourth-order valence-corrected chi connectivity index (χ4v) is 1.79. The lowest BCUT2D eigenvalue weighted by atomic mass is 10.2. The normalized spacial score (nSPS) is 12.1. The molecule has 0 spiro atoms. The number of benzene rings is 1. The molecule has 0 heterocycles. The molecule has 1 aromatic rings. The second kappa shape index (κ2) is 7.44. The zero-order chi connectivity index (χ0) is 15.1. The lowest BCUT2D eigenvalue weighted by molar-refractivity contribution is -0.146. The van der Waals surface area contributed by atoms with E-state index in [4.69, 9.17) is 10.2 Å². The number of carbonyl (C=O) groups excluding carboxylic acids is 1. The number of carbonyl (C=O) groups is 3. The Morgan fingerprint density at radius 2 is 1.90 bits per heavy atom. The SMILES string of the molecule is O=C(O)C[C@@H](NC(=O)/C=C/c1ccccc1Br)C(=O)O. The van der Waals surface area contributed by atoms with Crippen LogP contribution in [0.4, 0.5) is 0 Å². The summed E-state index contributed by atoms with van der Waals surface area (Å²) in [7, 11) is 0. The largest absolute Gasteiger partial charge is 0.481 e. The number of nitrogens with one attached hydrogen (secondary N) is 1. The average molecular weight is 342 g/mol. The molecule has 0 unspecified atom stereocenters. The van der Waals surface area contributed by atoms with E-state index in [1.807, 2.05) is 6.07 Å². The fourth-order valence-electron chi connectivity index (χ4n) is 1.37. The first kappa shape index (κ1) is 15.9. The number of hydrogen-bond acceptors (Lipinski definition) is 3. The van der Waals surface area contributed by atoms with E-state index < -0.39 is 30.3 Å². The highest BCUT2D eigenvalue weighted by Gasteiger charge is 2.21. The molecule has 1 atom stereocenters. The monoisotopic (exact) mass is 341 g/mol. The van der Waals surface area contributed by atoms with Crippen LogP contribution in [0.2, 0.25) is 0 Å². The Hall–Kier alpha value is -2.15. The van der Waals surface area contributed by atoms with Gasteiger partial charge in [0.2, 0.25) is 5.91 Å². The van der Waals surface area contributed by atoms with Crippen LogP contribution in [0, 0.1) is 0 Å². The molecule has 0 bridgehead atoms. The quantitative estimate of drug-likeness (QED) is 0.680. The number of amides is 1. The van der Waals surface area contributed by atoms with Gasteiger partial charge >= 0.3 is 11.9 Å². The van der Waals surface area contributed by atoms with E-state index in [0.717, 1.165) is 16.1 Å². The summed E-state index contributed by atoms with van der Waals surface area (Å²) in [6.45, 7) is 0. The van der Waals surface area contributed by atoms with E-state index in [-0.39, 0.29) is 0 Å². The molecule has 1 aromatic carbocycles. The van der Waals surface area contributed by atoms with Crippen molar-refractivity contribution in [1.82, 2.24) is 5.32 Å². The minimum absolute atomic E-state index is 0.672. The van der Waals surface area contributed by atoms with E-state index in [1.54, 1.807) is 18.2 Å². The van der Waals surface area contributed by atoms with Gasteiger partial charge in [-0.15, -0.1) is 0 Å². The van der Waals surface area contributed by atoms with Crippen molar-refractivity contribution in [2.45, 2.75) is 12.5 Å². The highest BCUT2D eigenvalue weighted by Crippen LogP contribution is 2.16. The average Bonchev–Trinajstić information content (AvgIpc) is 2.36. The van der Waals surface area contributed by atoms with Crippen molar-refractivity contribution in [2.75, 3.05) is 0 Å². The second-order valence-electron chi connectivity index (χ2n) is 3.85. The van der Waals surface area contributed by atoms with Gasteiger partial charge in [0.15, 0.2) is 0 Å². The molecule has 1 rings (SSSR count). The first-order chi connectivity index (χ1) is 9.40. The summed E-state index contributed by atoms with van der Waals surface area (Å²) in [5, 5.41) is 19.5. The molecule has 3 N–H and O–H groups in total. The third-order valence-electron chi connectivity index (χ3n) is 2.31. The molecule has 0 aliphatic heterocycles. The van der Waals surface area contributed by atoms with Gasteiger partial charge in [-0.2, -0.15) is 0 Å². The Morgan fingerprint density at radius 3 is 2.45 bits per heavy atom. The van der Waals surface area contributed by atoms with Crippen molar-refractivity contribution in [1.29, 1.82) is 0 Å². The molecule has 0 aliphatic rings. The second-order valence-corrected chi connectivity index (χ2v) is 4.71.